The van der Waals surface area contributed by atoms with Crippen molar-refractivity contribution in [2.45, 2.75) is 26.7 Å². The molecule has 3 aromatic carbocycles. The summed E-state index contributed by atoms with van der Waals surface area (Å²) in [7, 11) is 1.76. The SMILES string of the molecule is CCOC(=O)C(CC12Cc3ccccc3C(c3ccccc3)=C1c1ccccc1N(C)C2=O)C(=O)OCC. The van der Waals surface area contributed by atoms with Crippen molar-refractivity contribution in [3.8, 4) is 0 Å². The number of hydrogen-bond acceptors (Lipinski definition) is 5. The quantitative estimate of drug-likeness (QED) is 0.319. The van der Waals surface area contributed by atoms with Crippen LogP contribution in [-0.2, 0) is 30.3 Å². The lowest BCUT2D eigenvalue weighted by atomic mass is 9.59. The van der Waals surface area contributed by atoms with E-state index in [1.807, 2.05) is 72.8 Å². The van der Waals surface area contributed by atoms with Crippen molar-refractivity contribution in [1.29, 1.82) is 0 Å². The fourth-order valence-corrected chi connectivity index (χ4v) is 5.95. The number of anilines is 1. The molecular formula is C32H31NO5. The Labute approximate surface area is 222 Å². The van der Waals surface area contributed by atoms with E-state index in [4.69, 9.17) is 9.47 Å². The predicted molar refractivity (Wildman–Crippen MR) is 146 cm³/mol. The van der Waals surface area contributed by atoms with Crippen LogP contribution in [0, 0.1) is 11.3 Å². The average Bonchev–Trinajstić information content (AvgIpc) is 2.94. The van der Waals surface area contributed by atoms with Gasteiger partial charge in [0.2, 0.25) is 5.91 Å². The van der Waals surface area contributed by atoms with Crippen LogP contribution in [0.1, 0.15) is 42.5 Å². The Bertz CT molecular complexity index is 1410. The number of ether oxygens (including phenoxy) is 2. The standard InChI is InChI=1S/C32H31NO5/c1-4-37-29(34)25(30(35)38-5-2)20-32-19-22-15-9-10-16-23(22)27(21-13-7-6-8-14-21)28(32)24-17-11-12-18-26(24)33(3)31(32)36/h6-18,25H,4-5,19-20H2,1-3H3. The van der Waals surface area contributed by atoms with Gasteiger partial charge < -0.3 is 14.4 Å². The van der Waals surface area contributed by atoms with Gasteiger partial charge in [0.25, 0.3) is 0 Å². The lowest BCUT2D eigenvalue weighted by Crippen LogP contribution is -2.52. The highest BCUT2D eigenvalue weighted by atomic mass is 16.6. The third kappa shape index (κ3) is 4.10. The number of fused-ring (bicyclic) bond motifs is 4. The largest absolute Gasteiger partial charge is 0.465 e. The first-order valence-corrected chi connectivity index (χ1v) is 13.0. The molecule has 6 heteroatoms. The van der Waals surface area contributed by atoms with Crippen LogP contribution in [0.5, 0.6) is 0 Å². The molecule has 2 aliphatic rings. The lowest BCUT2D eigenvalue weighted by molar-refractivity contribution is -0.163. The number of carbonyl (C=O) groups excluding carboxylic acids is 3. The Morgan fingerprint density at radius 2 is 1.42 bits per heavy atom. The normalized spacial score (nSPS) is 18.0. The molecule has 1 heterocycles. The van der Waals surface area contributed by atoms with E-state index in [0.29, 0.717) is 6.42 Å². The van der Waals surface area contributed by atoms with Gasteiger partial charge in [-0.1, -0.05) is 72.8 Å². The number of esters is 2. The molecule has 6 nitrogen and oxygen atoms in total. The zero-order valence-corrected chi connectivity index (χ0v) is 21.9. The van der Waals surface area contributed by atoms with E-state index in [2.05, 4.69) is 6.07 Å². The highest BCUT2D eigenvalue weighted by Gasteiger charge is 2.55. The number of hydrogen-bond donors (Lipinski definition) is 0. The van der Waals surface area contributed by atoms with Crippen LogP contribution in [0.25, 0.3) is 11.1 Å². The zero-order chi connectivity index (χ0) is 26.9. The van der Waals surface area contributed by atoms with Gasteiger partial charge in [-0.2, -0.15) is 0 Å². The zero-order valence-electron chi connectivity index (χ0n) is 21.9. The minimum atomic E-state index is -1.24. The van der Waals surface area contributed by atoms with Crippen molar-refractivity contribution in [3.63, 3.8) is 0 Å². The van der Waals surface area contributed by atoms with Crippen LogP contribution in [0.3, 0.4) is 0 Å². The van der Waals surface area contributed by atoms with Gasteiger partial charge in [0.15, 0.2) is 5.92 Å². The molecule has 38 heavy (non-hydrogen) atoms. The number of benzene rings is 3. The first kappa shape index (κ1) is 25.5. The van der Waals surface area contributed by atoms with Gasteiger partial charge >= 0.3 is 11.9 Å². The number of rotatable bonds is 7. The molecule has 0 saturated heterocycles. The summed E-state index contributed by atoms with van der Waals surface area (Å²) >= 11 is 0. The van der Waals surface area contributed by atoms with Crippen LogP contribution in [-0.4, -0.2) is 38.1 Å². The Kier molecular flexibility index (Phi) is 6.89. The summed E-state index contributed by atoms with van der Waals surface area (Å²) in [5.74, 6) is -2.74. The first-order valence-electron chi connectivity index (χ1n) is 13.0. The van der Waals surface area contributed by atoms with Crippen molar-refractivity contribution >= 4 is 34.7 Å². The van der Waals surface area contributed by atoms with E-state index >= 15 is 0 Å². The van der Waals surface area contributed by atoms with Crippen LogP contribution in [0.4, 0.5) is 5.69 Å². The Morgan fingerprint density at radius 1 is 0.842 bits per heavy atom. The highest BCUT2D eigenvalue weighted by Crippen LogP contribution is 2.58. The van der Waals surface area contributed by atoms with E-state index in [1.54, 1.807) is 25.8 Å². The van der Waals surface area contributed by atoms with Crippen molar-refractivity contribution in [3.05, 3.63) is 101 Å². The molecule has 1 atom stereocenters. The van der Waals surface area contributed by atoms with Gasteiger partial charge in [-0.25, -0.2) is 0 Å². The molecule has 0 N–H and O–H groups in total. The molecule has 0 radical (unpaired) electrons. The molecule has 0 saturated carbocycles. The van der Waals surface area contributed by atoms with E-state index in [1.165, 1.54) is 0 Å². The Balaban J connectivity index is 1.85. The van der Waals surface area contributed by atoms with Crippen LogP contribution in [0.2, 0.25) is 0 Å². The van der Waals surface area contributed by atoms with Gasteiger partial charge in [0.05, 0.1) is 24.3 Å². The summed E-state index contributed by atoms with van der Waals surface area (Å²) in [6, 6.07) is 25.9. The molecule has 194 valence electrons. The Hall–Kier alpha value is -4.19. The number of amides is 1. The molecule has 3 aromatic rings. The molecule has 5 rings (SSSR count). The predicted octanol–water partition coefficient (Wildman–Crippen LogP) is 5.30. The minimum absolute atomic E-state index is 0.0534. The minimum Gasteiger partial charge on any atom is -0.465 e. The van der Waals surface area contributed by atoms with Crippen LogP contribution >= 0.6 is 0 Å². The molecule has 0 bridgehead atoms. The summed E-state index contributed by atoms with van der Waals surface area (Å²) in [6.07, 6.45) is 0.295. The van der Waals surface area contributed by atoms with E-state index in [0.717, 1.165) is 39.1 Å². The van der Waals surface area contributed by atoms with E-state index in [-0.39, 0.29) is 25.5 Å². The monoisotopic (exact) mass is 509 g/mol. The van der Waals surface area contributed by atoms with Crippen LogP contribution < -0.4 is 4.90 Å². The highest BCUT2D eigenvalue weighted by molar-refractivity contribution is 6.20. The van der Waals surface area contributed by atoms with Gasteiger partial charge in [0, 0.05) is 12.6 Å². The second-order valence-corrected chi connectivity index (χ2v) is 9.67. The molecule has 1 unspecified atom stereocenters. The third-order valence-electron chi connectivity index (χ3n) is 7.51. The van der Waals surface area contributed by atoms with Gasteiger partial charge in [0.1, 0.15) is 0 Å². The molecule has 1 aliphatic carbocycles. The fourth-order valence-electron chi connectivity index (χ4n) is 5.95. The summed E-state index contributed by atoms with van der Waals surface area (Å²) < 4.78 is 10.6. The number of carbonyl (C=O) groups is 3. The summed E-state index contributed by atoms with van der Waals surface area (Å²) in [4.78, 5) is 42.5. The Morgan fingerprint density at radius 3 is 2.08 bits per heavy atom. The maximum atomic E-state index is 14.5. The first-order chi connectivity index (χ1) is 18.4. The summed E-state index contributed by atoms with van der Waals surface area (Å²) in [5.41, 5.74) is 5.28. The van der Waals surface area contributed by atoms with Crippen molar-refractivity contribution in [2.24, 2.45) is 11.3 Å². The average molecular weight is 510 g/mol. The lowest BCUT2D eigenvalue weighted by Gasteiger charge is -2.48. The van der Waals surface area contributed by atoms with Crippen LogP contribution in [0.15, 0.2) is 78.9 Å². The fraction of sp³-hybridized carbons (Fsp3) is 0.281. The molecule has 1 amide bonds. The van der Waals surface area contributed by atoms with Crippen molar-refractivity contribution in [1.82, 2.24) is 0 Å². The molecule has 0 fully saturated rings. The van der Waals surface area contributed by atoms with Gasteiger partial charge in [-0.15, -0.1) is 0 Å². The maximum Gasteiger partial charge on any atom is 0.320 e. The molecule has 0 spiro atoms. The van der Waals surface area contributed by atoms with Gasteiger partial charge in [-0.3, -0.25) is 14.4 Å². The number of nitrogens with zero attached hydrogens (tertiary/aromatic N) is 1. The van der Waals surface area contributed by atoms with Gasteiger partial charge in [-0.05, 0) is 60.6 Å². The van der Waals surface area contributed by atoms with Crippen molar-refractivity contribution < 1.29 is 23.9 Å². The smallest absolute Gasteiger partial charge is 0.320 e. The maximum absolute atomic E-state index is 14.5. The molecule has 1 aliphatic heterocycles. The number of para-hydroxylation sites is 1. The molecule has 0 aromatic heterocycles. The topological polar surface area (TPSA) is 72.9 Å². The van der Waals surface area contributed by atoms with Crippen molar-refractivity contribution in [2.75, 3.05) is 25.2 Å². The van der Waals surface area contributed by atoms with E-state index in [9.17, 15) is 14.4 Å². The summed E-state index contributed by atoms with van der Waals surface area (Å²) in [6.45, 7) is 3.65. The third-order valence-corrected chi connectivity index (χ3v) is 7.51. The second kappa shape index (κ2) is 10.3. The summed E-state index contributed by atoms with van der Waals surface area (Å²) in [5, 5.41) is 0. The molecular weight excluding hydrogens is 478 g/mol. The second-order valence-electron chi connectivity index (χ2n) is 9.67. The van der Waals surface area contributed by atoms with E-state index < -0.39 is 23.3 Å².